The van der Waals surface area contributed by atoms with Crippen molar-refractivity contribution in [1.82, 2.24) is 9.78 Å². The van der Waals surface area contributed by atoms with Crippen LogP contribution >= 0.6 is 0 Å². The minimum Gasteiger partial charge on any atom is -0.389 e. The molecule has 2 atom stereocenters. The molecule has 1 fully saturated rings. The van der Waals surface area contributed by atoms with Crippen LogP contribution in [0, 0.1) is 11.8 Å². The zero-order valence-corrected chi connectivity index (χ0v) is 12.8. The molecule has 19 heavy (non-hydrogen) atoms. The second kappa shape index (κ2) is 5.66. The van der Waals surface area contributed by atoms with Gasteiger partial charge in [-0.3, -0.25) is 4.68 Å². The van der Waals surface area contributed by atoms with Gasteiger partial charge in [0.25, 0.3) is 0 Å². The SMILES string of the molecule is CC(C)C1CCCCC1(O)Cc1ccn(C(C)C)n1. The van der Waals surface area contributed by atoms with Crippen molar-refractivity contribution in [3.05, 3.63) is 18.0 Å². The fourth-order valence-electron chi connectivity index (χ4n) is 3.50. The smallest absolute Gasteiger partial charge is 0.0734 e. The van der Waals surface area contributed by atoms with E-state index in [1.165, 1.54) is 6.42 Å². The molecular weight excluding hydrogens is 236 g/mol. The first kappa shape index (κ1) is 14.6. The van der Waals surface area contributed by atoms with E-state index in [1.807, 2.05) is 10.9 Å². The maximum atomic E-state index is 11.1. The van der Waals surface area contributed by atoms with E-state index in [0.29, 0.717) is 24.3 Å². The average molecular weight is 264 g/mol. The summed E-state index contributed by atoms with van der Waals surface area (Å²) in [6.07, 6.45) is 7.20. The lowest BCUT2D eigenvalue weighted by atomic mass is 9.68. The Kier molecular flexibility index (Phi) is 4.34. The lowest BCUT2D eigenvalue weighted by molar-refractivity contribution is -0.0659. The highest BCUT2D eigenvalue weighted by atomic mass is 16.3. The van der Waals surface area contributed by atoms with Gasteiger partial charge in [0.1, 0.15) is 0 Å². The number of nitrogens with zero attached hydrogens (tertiary/aromatic N) is 2. The van der Waals surface area contributed by atoms with E-state index in [-0.39, 0.29) is 0 Å². The van der Waals surface area contributed by atoms with Crippen molar-refractivity contribution in [2.24, 2.45) is 11.8 Å². The second-order valence-corrected chi connectivity index (χ2v) is 6.76. The molecule has 0 spiro atoms. The molecule has 1 N–H and O–H groups in total. The van der Waals surface area contributed by atoms with Gasteiger partial charge in [-0.2, -0.15) is 5.10 Å². The zero-order valence-electron chi connectivity index (χ0n) is 12.8. The molecule has 1 aliphatic rings. The number of aromatic nitrogens is 2. The van der Waals surface area contributed by atoms with Crippen molar-refractivity contribution < 1.29 is 5.11 Å². The molecule has 1 aromatic rings. The van der Waals surface area contributed by atoms with E-state index in [9.17, 15) is 5.11 Å². The Balaban J connectivity index is 2.13. The Hall–Kier alpha value is -0.830. The molecular formula is C16H28N2O. The van der Waals surface area contributed by atoms with Gasteiger partial charge in [0.15, 0.2) is 0 Å². The summed E-state index contributed by atoms with van der Waals surface area (Å²) in [6.45, 7) is 8.72. The summed E-state index contributed by atoms with van der Waals surface area (Å²) in [7, 11) is 0. The van der Waals surface area contributed by atoms with Crippen LogP contribution in [0.15, 0.2) is 12.3 Å². The van der Waals surface area contributed by atoms with E-state index >= 15 is 0 Å². The molecule has 1 saturated carbocycles. The normalized spacial score (nSPS) is 28.3. The molecule has 1 heterocycles. The maximum Gasteiger partial charge on any atom is 0.0734 e. The maximum absolute atomic E-state index is 11.1. The van der Waals surface area contributed by atoms with Crippen LogP contribution in [-0.4, -0.2) is 20.5 Å². The van der Waals surface area contributed by atoms with Gasteiger partial charge in [0.2, 0.25) is 0 Å². The minimum absolute atomic E-state index is 0.385. The first-order chi connectivity index (χ1) is 8.92. The fraction of sp³-hybridized carbons (Fsp3) is 0.812. The average Bonchev–Trinajstić information content (AvgIpc) is 2.77. The Bertz CT molecular complexity index is 411. The summed E-state index contributed by atoms with van der Waals surface area (Å²) in [4.78, 5) is 0. The highest BCUT2D eigenvalue weighted by Gasteiger charge is 2.40. The monoisotopic (exact) mass is 264 g/mol. The van der Waals surface area contributed by atoms with Crippen LogP contribution in [0.5, 0.6) is 0 Å². The Labute approximate surface area is 117 Å². The van der Waals surface area contributed by atoms with Crippen molar-refractivity contribution in [3.63, 3.8) is 0 Å². The van der Waals surface area contributed by atoms with Crippen molar-refractivity contribution in [1.29, 1.82) is 0 Å². The molecule has 0 bridgehead atoms. The van der Waals surface area contributed by atoms with E-state index in [2.05, 4.69) is 38.9 Å². The lowest BCUT2D eigenvalue weighted by Gasteiger charge is -2.42. The van der Waals surface area contributed by atoms with Crippen molar-refractivity contribution >= 4 is 0 Å². The van der Waals surface area contributed by atoms with Crippen LogP contribution in [0.25, 0.3) is 0 Å². The molecule has 1 aromatic heterocycles. The Morgan fingerprint density at radius 1 is 1.37 bits per heavy atom. The van der Waals surface area contributed by atoms with E-state index in [4.69, 9.17) is 0 Å². The van der Waals surface area contributed by atoms with Crippen molar-refractivity contribution in [3.8, 4) is 0 Å². The van der Waals surface area contributed by atoms with Crippen molar-refractivity contribution in [2.75, 3.05) is 0 Å². The number of aliphatic hydroxyl groups is 1. The number of hydrogen-bond acceptors (Lipinski definition) is 2. The van der Waals surface area contributed by atoms with E-state index < -0.39 is 5.60 Å². The Morgan fingerprint density at radius 3 is 2.68 bits per heavy atom. The van der Waals surface area contributed by atoms with Crippen LogP contribution in [0.2, 0.25) is 0 Å². The molecule has 108 valence electrons. The molecule has 0 amide bonds. The second-order valence-electron chi connectivity index (χ2n) is 6.76. The van der Waals surface area contributed by atoms with Crippen LogP contribution in [0.3, 0.4) is 0 Å². The molecule has 1 aliphatic carbocycles. The summed E-state index contributed by atoms with van der Waals surface area (Å²) < 4.78 is 1.98. The van der Waals surface area contributed by atoms with Crippen LogP contribution < -0.4 is 0 Å². The summed E-state index contributed by atoms with van der Waals surface area (Å²) in [5.74, 6) is 0.947. The number of hydrogen-bond donors (Lipinski definition) is 1. The summed E-state index contributed by atoms with van der Waals surface area (Å²) in [5, 5.41) is 15.7. The van der Waals surface area contributed by atoms with Gasteiger partial charge in [0, 0.05) is 18.7 Å². The predicted octanol–water partition coefficient (Wildman–Crippen LogP) is 3.58. The van der Waals surface area contributed by atoms with E-state index in [0.717, 1.165) is 25.0 Å². The standard InChI is InChI=1S/C16H28N2O/c1-12(2)15-7-5-6-9-16(15,19)11-14-8-10-18(17-14)13(3)4/h8,10,12-13,15,19H,5-7,9,11H2,1-4H3. The summed E-state index contributed by atoms with van der Waals surface area (Å²) >= 11 is 0. The Morgan fingerprint density at radius 2 is 2.11 bits per heavy atom. The molecule has 2 unspecified atom stereocenters. The largest absolute Gasteiger partial charge is 0.389 e. The zero-order chi connectivity index (χ0) is 14.0. The molecule has 0 aromatic carbocycles. The number of rotatable bonds is 4. The molecule has 0 radical (unpaired) electrons. The van der Waals surface area contributed by atoms with Crippen LogP contribution in [0.1, 0.15) is 65.1 Å². The highest BCUT2D eigenvalue weighted by molar-refractivity contribution is 5.07. The van der Waals surface area contributed by atoms with Gasteiger partial charge in [0.05, 0.1) is 11.3 Å². The molecule has 0 saturated heterocycles. The quantitative estimate of drug-likeness (QED) is 0.902. The third-order valence-electron chi connectivity index (χ3n) is 4.55. The van der Waals surface area contributed by atoms with Gasteiger partial charge in [-0.05, 0) is 44.6 Å². The van der Waals surface area contributed by atoms with Gasteiger partial charge in [-0.15, -0.1) is 0 Å². The first-order valence-corrected chi connectivity index (χ1v) is 7.69. The lowest BCUT2D eigenvalue weighted by Crippen LogP contribution is -2.45. The van der Waals surface area contributed by atoms with Crippen LogP contribution in [-0.2, 0) is 6.42 Å². The molecule has 2 rings (SSSR count). The molecule has 0 aliphatic heterocycles. The summed E-state index contributed by atoms with van der Waals surface area (Å²) in [6, 6.07) is 2.44. The first-order valence-electron chi connectivity index (χ1n) is 7.69. The third kappa shape index (κ3) is 3.19. The topological polar surface area (TPSA) is 38.0 Å². The van der Waals surface area contributed by atoms with Crippen molar-refractivity contribution in [2.45, 2.75) is 71.4 Å². The van der Waals surface area contributed by atoms with Gasteiger partial charge < -0.3 is 5.11 Å². The third-order valence-corrected chi connectivity index (χ3v) is 4.55. The van der Waals surface area contributed by atoms with Gasteiger partial charge in [-0.1, -0.05) is 26.7 Å². The fourth-order valence-corrected chi connectivity index (χ4v) is 3.50. The van der Waals surface area contributed by atoms with E-state index in [1.54, 1.807) is 0 Å². The van der Waals surface area contributed by atoms with Gasteiger partial charge >= 0.3 is 0 Å². The molecule has 3 nitrogen and oxygen atoms in total. The minimum atomic E-state index is -0.553. The highest BCUT2D eigenvalue weighted by Crippen LogP contribution is 2.40. The van der Waals surface area contributed by atoms with Gasteiger partial charge in [-0.25, -0.2) is 0 Å². The molecule has 3 heteroatoms. The summed E-state index contributed by atoms with van der Waals surface area (Å²) in [5.41, 5.74) is 0.478. The van der Waals surface area contributed by atoms with Crippen LogP contribution in [0.4, 0.5) is 0 Å². The predicted molar refractivity (Wildman–Crippen MR) is 78.1 cm³/mol.